The van der Waals surface area contributed by atoms with Gasteiger partial charge in [-0.2, -0.15) is 0 Å². The normalized spacial score (nSPS) is 17.0. The van der Waals surface area contributed by atoms with Crippen molar-refractivity contribution in [1.82, 2.24) is 4.98 Å². The minimum Gasteiger partial charge on any atom is -0.507 e. The summed E-state index contributed by atoms with van der Waals surface area (Å²) in [6.45, 7) is 4.02. The first-order chi connectivity index (χ1) is 17.9. The number of aryl methyl sites for hydroxylation is 2. The predicted octanol–water partition coefficient (Wildman–Crippen LogP) is 5.81. The van der Waals surface area contributed by atoms with Gasteiger partial charge in [-0.15, -0.1) is 0 Å². The lowest BCUT2D eigenvalue weighted by Gasteiger charge is -2.23. The number of aliphatic hydroxyl groups excluding tert-OH is 1. The highest BCUT2D eigenvalue weighted by atomic mass is 32.1. The molecule has 5 rings (SSSR count). The Morgan fingerprint density at radius 2 is 1.81 bits per heavy atom. The molecule has 1 amide bonds. The number of amides is 1. The quantitative estimate of drug-likeness (QED) is 0.198. The molecule has 1 fully saturated rings. The fourth-order valence-electron chi connectivity index (χ4n) is 4.60. The Balaban J connectivity index is 1.72. The zero-order valence-electron chi connectivity index (χ0n) is 20.9. The van der Waals surface area contributed by atoms with Crippen LogP contribution in [0.3, 0.4) is 0 Å². The maximum absolute atomic E-state index is 13.5. The molecule has 0 saturated carbocycles. The number of carbonyl (C=O) groups is 2. The fraction of sp³-hybridized carbons (Fsp3) is 0.207. The molecule has 1 aromatic heterocycles. The number of ketones is 1. The summed E-state index contributed by atoms with van der Waals surface area (Å²) < 4.78 is 11.6. The van der Waals surface area contributed by atoms with Crippen molar-refractivity contribution < 1.29 is 24.2 Å². The van der Waals surface area contributed by atoms with E-state index in [2.05, 4.69) is 13.0 Å². The summed E-state index contributed by atoms with van der Waals surface area (Å²) in [6.07, 6.45) is 0.877. The van der Waals surface area contributed by atoms with Crippen molar-refractivity contribution in [2.75, 3.05) is 19.1 Å². The predicted molar refractivity (Wildman–Crippen MR) is 145 cm³/mol. The van der Waals surface area contributed by atoms with Gasteiger partial charge in [-0.25, -0.2) is 4.98 Å². The minimum atomic E-state index is -0.848. The molecule has 188 valence electrons. The van der Waals surface area contributed by atoms with Gasteiger partial charge in [0.05, 0.1) is 36.1 Å². The van der Waals surface area contributed by atoms with Crippen molar-refractivity contribution in [3.05, 3.63) is 88.5 Å². The summed E-state index contributed by atoms with van der Waals surface area (Å²) in [5.41, 5.74) is 3.91. The van der Waals surface area contributed by atoms with Gasteiger partial charge < -0.3 is 14.6 Å². The molecule has 7 nitrogen and oxygen atoms in total. The third-order valence-electron chi connectivity index (χ3n) is 6.52. The van der Waals surface area contributed by atoms with E-state index in [-0.39, 0.29) is 11.3 Å². The number of ether oxygens (including phenoxy) is 2. The molecule has 1 saturated heterocycles. The highest BCUT2D eigenvalue weighted by molar-refractivity contribution is 7.22. The maximum Gasteiger partial charge on any atom is 0.301 e. The summed E-state index contributed by atoms with van der Waals surface area (Å²) in [6, 6.07) is 17.6. The highest BCUT2D eigenvalue weighted by Gasteiger charge is 2.48. The topological polar surface area (TPSA) is 89.0 Å². The zero-order chi connectivity index (χ0) is 26.3. The van der Waals surface area contributed by atoms with Crippen LogP contribution >= 0.6 is 11.3 Å². The largest absolute Gasteiger partial charge is 0.507 e. The van der Waals surface area contributed by atoms with Gasteiger partial charge in [0.25, 0.3) is 5.78 Å². The van der Waals surface area contributed by atoms with Gasteiger partial charge >= 0.3 is 5.91 Å². The van der Waals surface area contributed by atoms with Crippen molar-refractivity contribution in [3.63, 3.8) is 0 Å². The van der Waals surface area contributed by atoms with Crippen LogP contribution in [0.4, 0.5) is 5.13 Å². The van der Waals surface area contributed by atoms with Gasteiger partial charge in [0.2, 0.25) is 0 Å². The monoisotopic (exact) mass is 514 g/mol. The molecule has 37 heavy (non-hydrogen) atoms. The van der Waals surface area contributed by atoms with E-state index in [1.807, 2.05) is 43.3 Å². The molecule has 3 aromatic carbocycles. The van der Waals surface area contributed by atoms with Crippen molar-refractivity contribution in [2.45, 2.75) is 26.3 Å². The minimum absolute atomic E-state index is 0.00340. The summed E-state index contributed by atoms with van der Waals surface area (Å²) in [5.74, 6) is -0.917. The Kier molecular flexibility index (Phi) is 6.43. The lowest BCUT2D eigenvalue weighted by Crippen LogP contribution is -2.29. The van der Waals surface area contributed by atoms with E-state index >= 15 is 0 Å². The molecule has 0 aliphatic carbocycles. The second-order valence-corrected chi connectivity index (χ2v) is 9.81. The Labute approximate surface area is 218 Å². The third kappa shape index (κ3) is 4.23. The second-order valence-electron chi connectivity index (χ2n) is 8.81. The van der Waals surface area contributed by atoms with Crippen LogP contribution in [0.2, 0.25) is 0 Å². The number of hydrogen-bond acceptors (Lipinski definition) is 7. The molecule has 0 bridgehead atoms. The van der Waals surface area contributed by atoms with Crippen LogP contribution in [-0.2, 0) is 16.0 Å². The molecule has 1 atom stereocenters. The van der Waals surface area contributed by atoms with E-state index in [9.17, 15) is 14.7 Å². The first-order valence-corrected chi connectivity index (χ1v) is 12.7. The molecule has 1 aliphatic heterocycles. The number of anilines is 1. The van der Waals surface area contributed by atoms with Gasteiger partial charge in [0, 0.05) is 5.56 Å². The van der Waals surface area contributed by atoms with Gasteiger partial charge in [0.15, 0.2) is 16.6 Å². The molecule has 1 unspecified atom stereocenters. The van der Waals surface area contributed by atoms with Crippen LogP contribution in [0, 0.1) is 6.92 Å². The fourth-order valence-corrected chi connectivity index (χ4v) is 5.66. The standard InChI is InChI=1S/C29H26N2O5S/c1-5-17-9-11-20-23(14-17)37-29(30-20)31-25(18-8-6-7-16(2)13-18)24(27(33)28(31)34)26(32)19-10-12-21(35-3)22(15-19)36-4/h6-15,25,32H,5H2,1-4H3/b26-24+. The number of thiazole rings is 1. The van der Waals surface area contributed by atoms with Crippen LogP contribution in [0.25, 0.3) is 16.0 Å². The maximum atomic E-state index is 13.5. The molecule has 4 aromatic rings. The average Bonchev–Trinajstić information content (AvgIpc) is 3.45. The number of hydrogen-bond donors (Lipinski definition) is 1. The number of carbonyl (C=O) groups excluding carboxylic acids is 2. The number of nitrogens with zero attached hydrogens (tertiary/aromatic N) is 2. The van der Waals surface area contributed by atoms with Crippen LogP contribution in [0.5, 0.6) is 11.5 Å². The lowest BCUT2D eigenvalue weighted by molar-refractivity contribution is -0.132. The third-order valence-corrected chi connectivity index (χ3v) is 7.53. The van der Waals surface area contributed by atoms with E-state index in [4.69, 9.17) is 14.5 Å². The van der Waals surface area contributed by atoms with Gasteiger partial charge in [-0.1, -0.05) is 54.2 Å². The number of aromatic nitrogens is 1. The molecule has 8 heteroatoms. The number of Topliss-reactive ketones (excluding diaryl/α,β-unsaturated/α-hetero) is 1. The Hall–Kier alpha value is -4.17. The zero-order valence-corrected chi connectivity index (χ0v) is 21.8. The van der Waals surface area contributed by atoms with Crippen molar-refractivity contribution in [2.24, 2.45) is 0 Å². The summed E-state index contributed by atoms with van der Waals surface area (Å²) in [4.78, 5) is 33.1. The smallest absolute Gasteiger partial charge is 0.301 e. The SMILES string of the molecule is CCc1ccc2nc(N3C(=O)C(=O)/C(=C(/O)c4ccc(OC)c(OC)c4)C3c3cccc(C)c3)sc2c1. The Bertz CT molecular complexity index is 1570. The highest BCUT2D eigenvalue weighted by Crippen LogP contribution is 2.45. The number of fused-ring (bicyclic) bond motifs is 1. The Morgan fingerprint density at radius 3 is 2.51 bits per heavy atom. The molecule has 1 aliphatic rings. The van der Waals surface area contributed by atoms with E-state index in [0.29, 0.717) is 27.8 Å². The number of benzene rings is 3. The van der Waals surface area contributed by atoms with Crippen LogP contribution in [-0.4, -0.2) is 36.0 Å². The van der Waals surface area contributed by atoms with Crippen molar-refractivity contribution in [1.29, 1.82) is 0 Å². The first kappa shape index (κ1) is 24.5. The van der Waals surface area contributed by atoms with E-state index in [0.717, 1.165) is 27.8 Å². The molecule has 0 spiro atoms. The molecular weight excluding hydrogens is 488 g/mol. The van der Waals surface area contributed by atoms with Crippen LogP contribution in [0.15, 0.2) is 66.2 Å². The summed E-state index contributed by atoms with van der Waals surface area (Å²) in [5, 5.41) is 11.8. The number of aliphatic hydroxyl groups is 1. The van der Waals surface area contributed by atoms with Crippen molar-refractivity contribution in [3.8, 4) is 11.5 Å². The van der Waals surface area contributed by atoms with E-state index in [1.54, 1.807) is 18.2 Å². The molecule has 2 heterocycles. The second kappa shape index (κ2) is 9.71. The molecule has 1 N–H and O–H groups in total. The summed E-state index contributed by atoms with van der Waals surface area (Å²) in [7, 11) is 3.01. The van der Waals surface area contributed by atoms with Gasteiger partial charge in [-0.05, 0) is 54.8 Å². The van der Waals surface area contributed by atoms with E-state index < -0.39 is 17.7 Å². The van der Waals surface area contributed by atoms with Gasteiger partial charge in [-0.3, -0.25) is 14.5 Å². The van der Waals surface area contributed by atoms with Crippen LogP contribution in [0.1, 0.15) is 35.2 Å². The number of rotatable bonds is 6. The summed E-state index contributed by atoms with van der Waals surface area (Å²) >= 11 is 1.35. The molecular formula is C29H26N2O5S. The molecule has 0 radical (unpaired) electrons. The Morgan fingerprint density at radius 1 is 1.03 bits per heavy atom. The first-order valence-electron chi connectivity index (χ1n) is 11.9. The van der Waals surface area contributed by atoms with Crippen LogP contribution < -0.4 is 14.4 Å². The van der Waals surface area contributed by atoms with Crippen molar-refractivity contribution >= 4 is 44.1 Å². The number of methoxy groups -OCH3 is 2. The average molecular weight is 515 g/mol. The lowest BCUT2D eigenvalue weighted by atomic mass is 9.94. The van der Waals surface area contributed by atoms with E-state index in [1.165, 1.54) is 30.5 Å². The van der Waals surface area contributed by atoms with Gasteiger partial charge in [0.1, 0.15) is 5.76 Å².